The number of amides is 2. The van der Waals surface area contributed by atoms with Crippen molar-refractivity contribution in [3.05, 3.63) is 92.6 Å². The third kappa shape index (κ3) is 9.06. The van der Waals surface area contributed by atoms with E-state index in [1.165, 1.54) is 72.5 Å². The average Bonchev–Trinajstić information content (AvgIpc) is 3.67. The Labute approximate surface area is 345 Å². The number of hydrogen-bond donors (Lipinski definition) is 10. The van der Waals surface area contributed by atoms with Gasteiger partial charge in [-0.15, -0.1) is 0 Å². The number of aromatic carboxylic acids is 1. The van der Waals surface area contributed by atoms with Crippen LogP contribution < -0.4 is 31.9 Å². The lowest BCUT2D eigenvalue weighted by Gasteiger charge is -2.20. The molecule has 7 rings (SSSR count). The average molecular weight is 903 g/mol. The first kappa shape index (κ1) is 43.6. The van der Waals surface area contributed by atoms with Gasteiger partial charge in [0.25, 0.3) is 17.4 Å². The second-order valence-electron chi connectivity index (χ2n) is 13.6. The molecule has 2 aromatic carbocycles. The number of aromatic nitrogens is 4. The highest BCUT2D eigenvalue weighted by Gasteiger charge is 2.51. The third-order valence-electron chi connectivity index (χ3n) is 9.37. The summed E-state index contributed by atoms with van der Waals surface area (Å²) in [5.74, 6) is -2.41. The van der Waals surface area contributed by atoms with Crippen molar-refractivity contribution in [2.75, 3.05) is 25.4 Å². The first-order chi connectivity index (χ1) is 29.2. The molecule has 11 N–H and O–H groups in total. The number of phenolic OH excluding ortho intramolecular Hbond substituents is 1. The number of carbonyl (C=O) groups is 3. The zero-order valence-corrected chi connectivity index (χ0v) is 33.4. The summed E-state index contributed by atoms with van der Waals surface area (Å²) in [7, 11) is -9.48. The van der Waals surface area contributed by atoms with Gasteiger partial charge in [-0.2, -0.15) is 4.31 Å². The first-order valence-corrected chi connectivity index (χ1v) is 20.9. The lowest BCUT2D eigenvalue weighted by atomic mass is 9.89. The number of phosphoric acid groups is 2. The predicted molar refractivity (Wildman–Crippen MR) is 209 cm³/mol. The SMILES string of the molecule is Cn1c[n+]([C@@H]2O[C@H](COP(=O)(O)OP(=O)(O)O)[C@@H](O)[C@H]2OC(=O)NCCNC(=O)c2ccc(C(=O)O)c(-c3c4ccc(=O)cc-4oc4cc(O)ccc34)c2)c2nc(N)[nH]c(=O)c21. The summed E-state index contributed by atoms with van der Waals surface area (Å²) < 4.78 is 51.2. The minimum Gasteiger partial charge on any atom is -0.508 e. The van der Waals surface area contributed by atoms with E-state index >= 15 is 0 Å². The molecule has 1 aliphatic carbocycles. The van der Waals surface area contributed by atoms with Crippen molar-refractivity contribution in [2.24, 2.45) is 7.05 Å². The molecule has 0 radical (unpaired) electrons. The van der Waals surface area contributed by atoms with Crippen LogP contribution in [-0.2, 0) is 34.5 Å². The number of H-pyrrole nitrogens is 1. The predicted octanol–water partition coefficient (Wildman–Crippen LogP) is 0.423. The minimum absolute atomic E-state index is 0.00460. The van der Waals surface area contributed by atoms with Gasteiger partial charge in [-0.05, 0) is 48.0 Å². The van der Waals surface area contributed by atoms with Gasteiger partial charge >= 0.3 is 33.4 Å². The van der Waals surface area contributed by atoms with Crippen LogP contribution in [0.2, 0.25) is 0 Å². The quantitative estimate of drug-likeness (QED) is 0.0325. The number of alkyl carbamates (subject to hydrolysis) is 1. The highest BCUT2D eigenvalue weighted by Crippen LogP contribution is 2.57. The van der Waals surface area contributed by atoms with Crippen LogP contribution in [0.4, 0.5) is 10.7 Å². The number of nitrogens with two attached hydrogens (primary N) is 1. The van der Waals surface area contributed by atoms with Crippen LogP contribution in [0.1, 0.15) is 26.9 Å². The van der Waals surface area contributed by atoms with Crippen molar-refractivity contribution in [3.63, 3.8) is 0 Å². The third-order valence-corrected chi connectivity index (χ3v) is 11.5. The van der Waals surface area contributed by atoms with Crippen LogP contribution in [0.3, 0.4) is 0 Å². The maximum absolute atomic E-state index is 13.4. The molecule has 0 saturated carbocycles. The molecule has 326 valence electrons. The largest absolute Gasteiger partial charge is 0.508 e. The van der Waals surface area contributed by atoms with Gasteiger partial charge < -0.3 is 60.3 Å². The monoisotopic (exact) mass is 902 g/mol. The maximum atomic E-state index is 13.4. The summed E-state index contributed by atoms with van der Waals surface area (Å²) in [5, 5.41) is 36.7. The fourth-order valence-electron chi connectivity index (χ4n) is 6.82. The lowest BCUT2D eigenvalue weighted by molar-refractivity contribution is -0.745. The normalized spacial score (nSPS) is 18.8. The van der Waals surface area contributed by atoms with Crippen molar-refractivity contribution < 1.29 is 80.8 Å². The number of aliphatic hydroxyl groups is 1. The van der Waals surface area contributed by atoms with E-state index in [-0.39, 0.29) is 64.0 Å². The lowest BCUT2D eigenvalue weighted by Crippen LogP contribution is -2.49. The number of hydrogen-bond acceptors (Lipinski definition) is 16. The molecule has 62 heavy (non-hydrogen) atoms. The Bertz CT molecular complexity index is 2960. The number of ether oxygens (including phenoxy) is 2. The number of phosphoric ester groups is 1. The smallest absolute Gasteiger partial charge is 0.481 e. The number of anilines is 1. The summed E-state index contributed by atoms with van der Waals surface area (Å²) in [6, 6.07) is 11.9. The number of fused-ring (bicyclic) bond motifs is 3. The van der Waals surface area contributed by atoms with Crippen LogP contribution in [0.5, 0.6) is 5.75 Å². The zero-order chi connectivity index (χ0) is 44.8. The van der Waals surface area contributed by atoms with Gasteiger partial charge in [0.15, 0.2) is 17.9 Å². The van der Waals surface area contributed by atoms with E-state index in [1.807, 2.05) is 0 Å². The molecule has 27 heteroatoms. The first-order valence-electron chi connectivity index (χ1n) is 17.8. The van der Waals surface area contributed by atoms with Crippen molar-refractivity contribution in [3.8, 4) is 28.2 Å². The Balaban J connectivity index is 1.07. The Morgan fingerprint density at radius 1 is 1.02 bits per heavy atom. The van der Waals surface area contributed by atoms with E-state index in [0.717, 1.165) is 4.57 Å². The number of aromatic hydroxyl groups is 1. The molecule has 3 aliphatic rings. The highest BCUT2D eigenvalue weighted by molar-refractivity contribution is 7.60. The number of nitrogens with zero attached hydrogens (tertiary/aromatic N) is 3. The summed E-state index contributed by atoms with van der Waals surface area (Å²) in [6.07, 6.45) is -6.63. The number of carbonyl (C=O) groups excluding carboxylic acids is 2. The minimum atomic E-state index is -5.51. The molecule has 2 aliphatic heterocycles. The van der Waals surface area contributed by atoms with Crippen LogP contribution in [0, 0.1) is 0 Å². The number of nitrogen functional groups attached to an aromatic ring is 1. The summed E-state index contributed by atoms with van der Waals surface area (Å²) in [4.78, 5) is 97.8. The van der Waals surface area contributed by atoms with Crippen LogP contribution in [-0.4, -0.2) is 101 Å². The van der Waals surface area contributed by atoms with Crippen molar-refractivity contribution in [2.45, 2.75) is 24.5 Å². The van der Waals surface area contributed by atoms with Gasteiger partial charge in [0.2, 0.25) is 11.7 Å². The molecule has 0 bridgehead atoms. The van der Waals surface area contributed by atoms with E-state index in [2.05, 4.69) is 29.4 Å². The molecular weight excluding hydrogens is 868 g/mol. The van der Waals surface area contributed by atoms with Gasteiger partial charge in [-0.25, -0.2) is 23.3 Å². The van der Waals surface area contributed by atoms with Crippen molar-refractivity contribution in [1.29, 1.82) is 0 Å². The van der Waals surface area contributed by atoms with E-state index < -0.39 is 75.7 Å². The number of carboxylic acid groups (broad SMARTS) is 1. The number of benzene rings is 3. The van der Waals surface area contributed by atoms with E-state index in [0.29, 0.717) is 16.5 Å². The van der Waals surface area contributed by atoms with Crippen molar-refractivity contribution >= 4 is 61.7 Å². The van der Waals surface area contributed by atoms with E-state index in [9.17, 15) is 53.3 Å². The molecule has 25 nitrogen and oxygen atoms in total. The summed E-state index contributed by atoms with van der Waals surface area (Å²) in [6.45, 7) is -1.55. The fraction of sp³-hybridized carbons (Fsp3) is 0.229. The number of phenols is 1. The Kier molecular flexibility index (Phi) is 11.8. The topological polar surface area (TPSA) is 378 Å². The van der Waals surface area contributed by atoms with Crippen LogP contribution in [0.25, 0.3) is 44.6 Å². The molecular formula is C35H34N7O18P2+. The highest BCUT2D eigenvalue weighted by atomic mass is 31.3. The fourth-order valence-corrected chi connectivity index (χ4v) is 8.42. The summed E-state index contributed by atoms with van der Waals surface area (Å²) in [5.41, 5.74) is 5.19. The standard InChI is InChI=1S/C35H33N7O18P2/c1-41-14-42(29-26(41)31(47)40-34(36)39-29)32-28(27(45)24(58-32)13-56-62(54,55)60-61(51,52)53)59-35(50)38-9-8-37-30(46)15-2-5-18(33(48)49)21(10-15)25-19-6-3-16(43)11-22(19)57-23-12-17(44)4-7-20(23)25/h2-7,10-12,14,24,27-28,32,45H,8-9,13H2,1H3,(H9-,36,37,38,39,40,43,44,46,47,48,49,50,51,52,53,54,55)/p+1/t24-,27-,28-,32-/m1/s1. The molecule has 0 spiro atoms. The van der Waals surface area contributed by atoms with E-state index in [4.69, 9.17) is 29.4 Å². The Morgan fingerprint density at radius 3 is 2.48 bits per heavy atom. The van der Waals surface area contributed by atoms with E-state index in [1.54, 1.807) is 0 Å². The second kappa shape index (κ2) is 16.7. The molecule has 4 aromatic rings. The van der Waals surface area contributed by atoms with Gasteiger partial charge in [-0.1, -0.05) is 4.98 Å². The van der Waals surface area contributed by atoms with Gasteiger partial charge in [0.05, 0.1) is 19.2 Å². The van der Waals surface area contributed by atoms with Crippen molar-refractivity contribution in [1.82, 2.24) is 25.2 Å². The molecule has 2 amide bonds. The number of aliphatic hydroxyl groups excluding tert-OH is 1. The molecule has 1 fully saturated rings. The molecule has 5 atom stereocenters. The van der Waals surface area contributed by atoms with Gasteiger partial charge in [0, 0.05) is 47.3 Å². The molecule has 1 unspecified atom stereocenters. The number of carboxylic acids is 1. The number of aromatic amines is 1. The molecule has 1 saturated heterocycles. The van der Waals surface area contributed by atoms with Gasteiger partial charge in [0.1, 0.15) is 29.3 Å². The maximum Gasteiger partial charge on any atom is 0.481 e. The molecule has 2 aromatic heterocycles. The Hall–Kier alpha value is -6.53. The van der Waals surface area contributed by atoms with Crippen LogP contribution >= 0.6 is 15.6 Å². The number of nitrogens with one attached hydrogen (secondary N) is 3. The van der Waals surface area contributed by atoms with Gasteiger partial charge in [-0.3, -0.25) is 28.5 Å². The number of imidazole rings is 1. The summed E-state index contributed by atoms with van der Waals surface area (Å²) >= 11 is 0. The number of aryl methyl sites for hydroxylation is 1. The second-order valence-corrected chi connectivity index (χ2v) is 16.4. The number of rotatable bonds is 13. The van der Waals surface area contributed by atoms with Crippen LogP contribution in [0.15, 0.2) is 74.9 Å². The molecule has 4 heterocycles. The zero-order valence-electron chi connectivity index (χ0n) is 31.6. The Morgan fingerprint density at radius 2 is 1.76 bits per heavy atom.